The molecule has 2 saturated carbocycles. The van der Waals surface area contributed by atoms with Gasteiger partial charge in [0.1, 0.15) is 5.75 Å². The van der Waals surface area contributed by atoms with Gasteiger partial charge in [-0.05, 0) is 110 Å². The number of hydrogen-bond acceptors (Lipinski definition) is 4. The van der Waals surface area contributed by atoms with E-state index in [2.05, 4.69) is 19.9 Å². The van der Waals surface area contributed by atoms with Gasteiger partial charge in [-0.25, -0.2) is 4.79 Å². The number of alkyl halides is 5. The van der Waals surface area contributed by atoms with Crippen molar-refractivity contribution >= 4 is 37.4 Å². The minimum atomic E-state index is -5.58. The smallest absolute Gasteiger partial charge is 0.419 e. The highest BCUT2D eigenvalue weighted by molar-refractivity contribution is 14.1. The highest BCUT2D eigenvalue weighted by atomic mass is 127. The first-order valence-corrected chi connectivity index (χ1v) is 17.5. The molecule has 11 heteroatoms. The van der Waals surface area contributed by atoms with E-state index in [1.165, 1.54) is 11.1 Å². The standard InChI is InChI=1S/C31H42F5IO4S/c1-18(15-19(2)42(40)14-4-12-30(32,33)31(34,35)36)5-6-20-16-21-17-22(41-28(37)39)7-8-23(21)24-11-13-29(3)25(27(20)24)9-10-26(29)38/h7-8,17-20,24-27,38H,4-6,9-16H2,1-3H3. The average molecular weight is 733 g/mol. The van der Waals surface area contributed by atoms with Gasteiger partial charge in [-0.1, -0.05) is 33.3 Å². The van der Waals surface area contributed by atoms with Gasteiger partial charge in [-0.2, -0.15) is 22.0 Å². The Hall–Kier alpha value is -0.820. The van der Waals surface area contributed by atoms with E-state index in [1.807, 2.05) is 12.1 Å². The molecule has 0 radical (unpaired) electrons. The zero-order valence-electron chi connectivity index (χ0n) is 24.4. The highest BCUT2D eigenvalue weighted by Crippen LogP contribution is 2.63. The van der Waals surface area contributed by atoms with Gasteiger partial charge in [0.2, 0.25) is 0 Å². The van der Waals surface area contributed by atoms with Gasteiger partial charge in [0.15, 0.2) is 0 Å². The van der Waals surface area contributed by atoms with Gasteiger partial charge in [-0.3, -0.25) is 4.21 Å². The van der Waals surface area contributed by atoms with Crippen molar-refractivity contribution in [3.8, 4) is 5.75 Å². The second-order valence-corrected chi connectivity index (χ2v) is 16.1. The monoisotopic (exact) mass is 732 g/mol. The molecule has 238 valence electrons. The Morgan fingerprint density at radius 3 is 2.57 bits per heavy atom. The quantitative estimate of drug-likeness (QED) is 0.140. The third kappa shape index (κ3) is 7.35. The van der Waals surface area contributed by atoms with E-state index in [9.17, 15) is 36.1 Å². The van der Waals surface area contributed by atoms with E-state index in [0.29, 0.717) is 35.8 Å². The maximum atomic E-state index is 13.2. The van der Waals surface area contributed by atoms with Crippen LogP contribution in [0.25, 0.3) is 0 Å². The molecule has 1 N–H and O–H groups in total. The van der Waals surface area contributed by atoms with Crippen molar-refractivity contribution < 1.29 is 40.8 Å². The van der Waals surface area contributed by atoms with Crippen LogP contribution in [0.15, 0.2) is 18.2 Å². The van der Waals surface area contributed by atoms with E-state index in [0.717, 1.165) is 44.9 Å². The van der Waals surface area contributed by atoms with Crippen LogP contribution in [0.4, 0.5) is 26.7 Å². The summed E-state index contributed by atoms with van der Waals surface area (Å²) in [6.45, 7) is 6.11. The Balaban J connectivity index is 1.41. The summed E-state index contributed by atoms with van der Waals surface area (Å²) in [5.74, 6) is -2.58. The van der Waals surface area contributed by atoms with E-state index >= 15 is 0 Å². The van der Waals surface area contributed by atoms with Crippen LogP contribution in [0.5, 0.6) is 5.75 Å². The predicted molar refractivity (Wildman–Crippen MR) is 162 cm³/mol. The first-order valence-electron chi connectivity index (χ1n) is 15.0. The van der Waals surface area contributed by atoms with Crippen molar-refractivity contribution in [2.24, 2.45) is 29.1 Å². The van der Waals surface area contributed by atoms with E-state index < -0.39 is 35.7 Å². The van der Waals surface area contributed by atoms with E-state index in [1.54, 1.807) is 29.5 Å². The molecule has 1 aromatic carbocycles. The molecule has 0 saturated heterocycles. The van der Waals surface area contributed by atoms with Gasteiger partial charge in [-0.15, -0.1) is 0 Å². The summed E-state index contributed by atoms with van der Waals surface area (Å²) in [5, 5.41) is 10.6. The maximum Gasteiger partial charge on any atom is 0.453 e. The van der Waals surface area contributed by atoms with Crippen LogP contribution in [-0.2, 0) is 17.2 Å². The minimum Gasteiger partial charge on any atom is -0.419 e. The van der Waals surface area contributed by atoms with Gasteiger partial charge >= 0.3 is 16.1 Å². The number of fused-ring (bicyclic) bond motifs is 5. The van der Waals surface area contributed by atoms with Crippen molar-refractivity contribution in [2.75, 3.05) is 5.75 Å². The minimum absolute atomic E-state index is 0.0897. The molecule has 3 aliphatic carbocycles. The van der Waals surface area contributed by atoms with Crippen molar-refractivity contribution in [3.63, 3.8) is 0 Å². The lowest BCUT2D eigenvalue weighted by Crippen LogP contribution is -2.47. The molecule has 9 unspecified atom stereocenters. The summed E-state index contributed by atoms with van der Waals surface area (Å²) in [5.41, 5.74) is 2.44. The molecule has 0 bridgehead atoms. The van der Waals surface area contributed by atoms with Crippen molar-refractivity contribution in [3.05, 3.63) is 29.3 Å². The molecule has 0 spiro atoms. The highest BCUT2D eigenvalue weighted by Gasteiger charge is 2.57. The molecule has 4 nitrogen and oxygen atoms in total. The fraction of sp³-hybridized carbons (Fsp3) is 0.774. The largest absolute Gasteiger partial charge is 0.453 e. The Morgan fingerprint density at radius 2 is 1.90 bits per heavy atom. The molecular weight excluding hydrogens is 690 g/mol. The molecule has 0 aliphatic heterocycles. The molecule has 0 aromatic heterocycles. The lowest BCUT2D eigenvalue weighted by atomic mass is 9.52. The number of benzene rings is 1. The second-order valence-electron chi connectivity index (χ2n) is 13.2. The number of ether oxygens (including phenoxy) is 1. The summed E-state index contributed by atoms with van der Waals surface area (Å²) >= 11 is 1.62. The number of halogens is 6. The van der Waals surface area contributed by atoms with Crippen LogP contribution in [0.1, 0.15) is 95.6 Å². The van der Waals surface area contributed by atoms with Crippen molar-refractivity contribution in [1.82, 2.24) is 0 Å². The number of rotatable bonds is 11. The zero-order chi connectivity index (χ0) is 31.0. The Morgan fingerprint density at radius 1 is 1.19 bits per heavy atom. The lowest BCUT2D eigenvalue weighted by molar-refractivity contribution is -0.284. The van der Waals surface area contributed by atoms with Crippen LogP contribution in [0.3, 0.4) is 0 Å². The summed E-state index contributed by atoms with van der Waals surface area (Å²) in [4.78, 5) is 11.6. The summed E-state index contributed by atoms with van der Waals surface area (Å²) in [6, 6.07) is 5.97. The SMILES string of the molecule is CC(CCC1Cc2cc(OC(=O)I)ccc2C2CCC3(C)C(O)CCC3C12)CC(C)S(=O)CCCC(F)(F)C(F)(F)F. The number of carbonyl (C=O) groups excluding carboxylic acids is 1. The topological polar surface area (TPSA) is 63.6 Å². The first-order chi connectivity index (χ1) is 19.5. The van der Waals surface area contributed by atoms with E-state index in [4.69, 9.17) is 4.74 Å². The van der Waals surface area contributed by atoms with Crippen LogP contribution >= 0.6 is 22.6 Å². The molecule has 0 amide bonds. The van der Waals surface area contributed by atoms with Gasteiger partial charge in [0.25, 0.3) is 0 Å². The number of hydrogen-bond donors (Lipinski definition) is 1. The zero-order valence-corrected chi connectivity index (χ0v) is 27.4. The second kappa shape index (κ2) is 13.3. The van der Waals surface area contributed by atoms with Gasteiger partial charge in [0.05, 0.1) is 28.7 Å². The average Bonchev–Trinajstić information content (AvgIpc) is 3.19. The number of aliphatic hydroxyl groups excluding tert-OH is 1. The summed E-state index contributed by atoms with van der Waals surface area (Å²) in [7, 11) is -1.48. The maximum absolute atomic E-state index is 13.2. The van der Waals surface area contributed by atoms with Crippen molar-refractivity contribution in [1.29, 1.82) is 0 Å². The molecule has 9 atom stereocenters. The fourth-order valence-electron chi connectivity index (χ4n) is 8.25. The normalized spacial score (nSPS) is 31.4. The van der Waals surface area contributed by atoms with Crippen LogP contribution in [0, 0.1) is 29.1 Å². The molecule has 4 rings (SSSR count). The number of carbonyl (C=O) groups is 1. The Bertz CT molecular complexity index is 1150. The van der Waals surface area contributed by atoms with Crippen LogP contribution in [-0.4, -0.2) is 42.5 Å². The van der Waals surface area contributed by atoms with Gasteiger partial charge in [0, 0.05) is 28.2 Å². The Labute approximate surface area is 261 Å². The first kappa shape index (κ1) is 34.1. The summed E-state index contributed by atoms with van der Waals surface area (Å²) < 4.78 is 81.4. The van der Waals surface area contributed by atoms with E-state index in [-0.39, 0.29) is 32.4 Å². The molecule has 1 aromatic rings. The lowest BCUT2D eigenvalue weighted by Gasteiger charge is -2.53. The van der Waals surface area contributed by atoms with Crippen LogP contribution < -0.4 is 4.74 Å². The molecule has 3 aliphatic rings. The molecule has 2 fully saturated rings. The number of aliphatic hydroxyl groups is 1. The predicted octanol–water partition coefficient (Wildman–Crippen LogP) is 8.98. The third-order valence-electron chi connectivity index (χ3n) is 10.5. The summed E-state index contributed by atoms with van der Waals surface area (Å²) in [6.07, 6.45) is -0.562. The van der Waals surface area contributed by atoms with Gasteiger partial charge < -0.3 is 9.84 Å². The molecule has 0 heterocycles. The molecular formula is C31H42F5IO4S. The third-order valence-corrected chi connectivity index (χ3v) is 12.5. The molecule has 42 heavy (non-hydrogen) atoms. The van der Waals surface area contributed by atoms with Crippen LogP contribution in [0.2, 0.25) is 0 Å². The Kier molecular flexibility index (Phi) is 10.8. The fourth-order valence-corrected chi connectivity index (χ4v) is 9.88. The van der Waals surface area contributed by atoms with Crippen molar-refractivity contribution in [2.45, 2.75) is 114 Å².